The lowest BCUT2D eigenvalue weighted by Gasteiger charge is -2.12. The van der Waals surface area contributed by atoms with E-state index in [1.165, 1.54) is 32.1 Å². The van der Waals surface area contributed by atoms with Crippen molar-refractivity contribution in [1.82, 2.24) is 0 Å². The molecule has 4 nitrogen and oxygen atoms in total. The molecule has 19 heavy (non-hydrogen) atoms. The molecule has 1 heterocycles. The van der Waals surface area contributed by atoms with Crippen molar-refractivity contribution < 1.29 is 14.3 Å². The van der Waals surface area contributed by atoms with E-state index < -0.39 is 12.0 Å². The van der Waals surface area contributed by atoms with Gasteiger partial charge in [0.2, 0.25) is 0 Å². The van der Waals surface area contributed by atoms with Gasteiger partial charge in [0.1, 0.15) is 12.0 Å². The maximum atomic E-state index is 11.6. The van der Waals surface area contributed by atoms with Gasteiger partial charge >= 0.3 is 0 Å². The van der Waals surface area contributed by atoms with Gasteiger partial charge in [-0.3, -0.25) is 4.79 Å². The van der Waals surface area contributed by atoms with Crippen LogP contribution in [-0.4, -0.2) is 29.5 Å². The smallest absolute Gasteiger partial charge is 0.162 e. The molecule has 1 rings (SSSR count). The number of alkyl halides is 1. The molecule has 0 N–H and O–H groups in total. The molecular weight excluding hydrogens is 310 g/mol. The van der Waals surface area contributed by atoms with Crippen molar-refractivity contribution in [2.24, 2.45) is 4.99 Å². The van der Waals surface area contributed by atoms with Crippen LogP contribution in [0.2, 0.25) is 0 Å². The maximum Gasteiger partial charge on any atom is 0.162 e. The van der Waals surface area contributed by atoms with Crippen molar-refractivity contribution in [1.29, 1.82) is 0 Å². The molecule has 0 radical (unpaired) electrons. The largest absolute Gasteiger partial charge is 0.570 e. The zero-order valence-electron chi connectivity index (χ0n) is 11.2. The van der Waals surface area contributed by atoms with E-state index in [9.17, 15) is 9.59 Å². The summed E-state index contributed by atoms with van der Waals surface area (Å²) in [6.07, 6.45) is 10.8. The van der Waals surface area contributed by atoms with Gasteiger partial charge in [-0.05, 0) is 12.8 Å². The third-order valence-electron chi connectivity index (χ3n) is 3.15. The number of ketones is 1. The molecule has 108 valence electrons. The standard InChI is InChI=1S/C14H21BrNO3/c15-10-8-6-4-2-1-3-5-7-9-12(17)13-14(18)16-11-19-13/h13H,1-10H2/q-1. The minimum Gasteiger partial charge on any atom is -0.570 e. The number of ether oxygens (including phenoxy) is 1. The number of halogens is 1. The van der Waals surface area contributed by atoms with Crippen molar-refractivity contribution in [3.63, 3.8) is 0 Å². The Morgan fingerprint density at radius 3 is 2.21 bits per heavy atom. The van der Waals surface area contributed by atoms with Gasteiger partial charge in [-0.2, -0.15) is 0 Å². The summed E-state index contributed by atoms with van der Waals surface area (Å²) in [5.74, 6) is -0.687. The van der Waals surface area contributed by atoms with Crippen molar-refractivity contribution >= 4 is 34.0 Å². The lowest BCUT2D eigenvalue weighted by atomic mass is 10.0. The molecule has 0 aromatic heterocycles. The fraction of sp³-hybridized carbons (Fsp3) is 0.786. The number of hydrogen-bond acceptors (Lipinski definition) is 3. The number of carbonyl (C=O) groups is 2. The minimum atomic E-state index is -1.01. The molecule has 0 bridgehead atoms. The molecule has 5 heteroatoms. The Morgan fingerprint density at radius 2 is 1.68 bits per heavy atom. The molecule has 0 aromatic rings. The third-order valence-corrected chi connectivity index (χ3v) is 3.71. The number of aliphatic imine (C=N–C) groups is 1. The minimum absolute atomic E-state index is 0.170. The summed E-state index contributed by atoms with van der Waals surface area (Å²) >= 11 is 3.42. The van der Waals surface area contributed by atoms with Crippen molar-refractivity contribution in [3.8, 4) is 0 Å². The molecular formula is C14H21BrNO3-. The Bertz CT molecular complexity index is 318. The second-order valence-corrected chi connectivity index (χ2v) is 5.57. The molecule has 0 fully saturated rings. The van der Waals surface area contributed by atoms with Crippen molar-refractivity contribution in [2.45, 2.75) is 63.9 Å². The Labute approximate surface area is 123 Å². The number of rotatable bonds is 11. The van der Waals surface area contributed by atoms with Gasteiger partial charge in [-0.1, -0.05) is 54.5 Å². The molecule has 1 aliphatic heterocycles. The van der Waals surface area contributed by atoms with E-state index in [2.05, 4.69) is 27.3 Å². The first kappa shape index (κ1) is 16.3. The van der Waals surface area contributed by atoms with Crippen LogP contribution >= 0.6 is 15.9 Å². The molecule has 1 amide bonds. The number of carbonyl (C=O) groups excluding carboxylic acids is 2. The summed E-state index contributed by atoms with van der Waals surface area (Å²) in [5, 5.41) is 1.10. The van der Waals surface area contributed by atoms with E-state index >= 15 is 0 Å². The highest BCUT2D eigenvalue weighted by atomic mass is 79.9. The maximum absolute atomic E-state index is 11.6. The molecule has 0 saturated carbocycles. The molecule has 0 saturated heterocycles. The highest BCUT2D eigenvalue weighted by Gasteiger charge is 2.21. The first-order valence-electron chi connectivity index (χ1n) is 6.99. The predicted octanol–water partition coefficient (Wildman–Crippen LogP) is 3.29. The van der Waals surface area contributed by atoms with Crippen LogP contribution in [0.4, 0.5) is 0 Å². The Kier molecular flexibility index (Phi) is 8.71. The quantitative estimate of drug-likeness (QED) is 0.253. The number of Topliss-reactive ketones (excluding diaryl/α,β-unsaturated/α-hetero) is 1. The molecule has 0 aromatic carbocycles. The van der Waals surface area contributed by atoms with E-state index in [4.69, 9.17) is 4.74 Å². The zero-order chi connectivity index (χ0) is 13.9. The SMILES string of the molecule is O=C(CCCCCCCCCCBr)C1O[C-]=NC1=O. The van der Waals surface area contributed by atoms with Crippen LogP contribution in [0.15, 0.2) is 4.99 Å². The lowest BCUT2D eigenvalue weighted by Crippen LogP contribution is -2.27. The van der Waals surface area contributed by atoms with Gasteiger partial charge < -0.3 is 14.5 Å². The second-order valence-electron chi connectivity index (χ2n) is 4.77. The first-order chi connectivity index (χ1) is 9.25. The summed E-state index contributed by atoms with van der Waals surface area (Å²) in [4.78, 5) is 26.0. The predicted molar refractivity (Wildman–Crippen MR) is 77.7 cm³/mol. The molecule has 0 aliphatic carbocycles. The summed E-state index contributed by atoms with van der Waals surface area (Å²) < 4.78 is 4.74. The summed E-state index contributed by atoms with van der Waals surface area (Å²) in [7, 11) is 0. The summed E-state index contributed by atoms with van der Waals surface area (Å²) in [5.41, 5.74) is 0. The fourth-order valence-corrected chi connectivity index (χ4v) is 2.42. The monoisotopic (exact) mass is 330 g/mol. The van der Waals surface area contributed by atoms with Crippen LogP contribution in [0, 0.1) is 0 Å². The highest BCUT2D eigenvalue weighted by Crippen LogP contribution is 2.12. The molecule has 0 spiro atoms. The van der Waals surface area contributed by atoms with Gasteiger partial charge in [0.15, 0.2) is 5.78 Å². The van der Waals surface area contributed by atoms with Gasteiger partial charge in [-0.25, -0.2) is 0 Å². The van der Waals surface area contributed by atoms with E-state index in [0.717, 1.165) is 24.6 Å². The number of amides is 1. The van der Waals surface area contributed by atoms with Gasteiger partial charge in [0, 0.05) is 18.2 Å². The average Bonchev–Trinajstić information content (AvgIpc) is 2.83. The molecule has 1 atom stereocenters. The zero-order valence-corrected chi connectivity index (χ0v) is 12.8. The van der Waals surface area contributed by atoms with Crippen LogP contribution in [0.5, 0.6) is 0 Å². The number of nitrogens with zero attached hydrogens (tertiary/aromatic N) is 1. The van der Waals surface area contributed by atoms with Gasteiger partial charge in [-0.15, -0.1) is 0 Å². The van der Waals surface area contributed by atoms with Crippen molar-refractivity contribution in [2.75, 3.05) is 5.33 Å². The van der Waals surface area contributed by atoms with Crippen LogP contribution in [-0.2, 0) is 14.3 Å². The third kappa shape index (κ3) is 6.85. The van der Waals surface area contributed by atoms with E-state index in [1.54, 1.807) is 0 Å². The second kappa shape index (κ2) is 10.1. The molecule has 1 aliphatic rings. The highest BCUT2D eigenvalue weighted by molar-refractivity contribution is 9.09. The van der Waals surface area contributed by atoms with Crippen LogP contribution < -0.4 is 0 Å². The fourth-order valence-electron chi connectivity index (χ4n) is 2.02. The normalized spacial score (nSPS) is 17.7. The van der Waals surface area contributed by atoms with Crippen molar-refractivity contribution in [3.05, 3.63) is 0 Å². The van der Waals surface area contributed by atoms with Gasteiger partial charge in [0.25, 0.3) is 0 Å². The summed E-state index contributed by atoms with van der Waals surface area (Å²) in [6.45, 7) is 0. The Balaban J connectivity index is 1.91. The van der Waals surface area contributed by atoms with Crippen LogP contribution in [0.1, 0.15) is 57.8 Å². The number of unbranched alkanes of at least 4 members (excludes halogenated alkanes) is 7. The summed E-state index contributed by atoms with van der Waals surface area (Å²) in [6, 6.07) is 0. The first-order valence-corrected chi connectivity index (χ1v) is 8.11. The van der Waals surface area contributed by atoms with E-state index in [1.807, 2.05) is 0 Å². The number of hydrogen-bond donors (Lipinski definition) is 0. The Morgan fingerprint density at radius 1 is 1.11 bits per heavy atom. The lowest BCUT2D eigenvalue weighted by molar-refractivity contribution is -0.134. The Hall–Kier alpha value is -0.710. The van der Waals surface area contributed by atoms with E-state index in [0.29, 0.717) is 6.42 Å². The molecule has 1 unspecified atom stereocenters. The van der Waals surface area contributed by atoms with Crippen LogP contribution in [0.25, 0.3) is 0 Å². The topological polar surface area (TPSA) is 55.7 Å². The van der Waals surface area contributed by atoms with E-state index in [-0.39, 0.29) is 5.78 Å². The van der Waals surface area contributed by atoms with Crippen LogP contribution in [0.3, 0.4) is 0 Å². The average molecular weight is 331 g/mol. The van der Waals surface area contributed by atoms with Gasteiger partial charge in [0.05, 0.1) is 0 Å².